The lowest BCUT2D eigenvalue weighted by atomic mass is 9.99. The average Bonchev–Trinajstić information content (AvgIpc) is 2.65. The van der Waals surface area contributed by atoms with E-state index in [1.165, 1.54) is 33.3 Å². The summed E-state index contributed by atoms with van der Waals surface area (Å²) >= 11 is 0. The Labute approximate surface area is 110 Å². The van der Waals surface area contributed by atoms with Gasteiger partial charge in [0.2, 0.25) is 0 Å². The second kappa shape index (κ2) is 5.15. The third-order valence-corrected chi connectivity index (χ3v) is 3.59. The van der Waals surface area contributed by atoms with E-state index in [2.05, 4.69) is 50.1 Å². The molecular formula is C16H24N2. The van der Waals surface area contributed by atoms with Gasteiger partial charge in [0.25, 0.3) is 0 Å². The van der Waals surface area contributed by atoms with Crippen LogP contribution in [0.2, 0.25) is 0 Å². The Morgan fingerprint density at radius 3 is 2.56 bits per heavy atom. The standard InChI is InChI=1S/C16H24N2/c1-10(2)15-13(6-7-17-5)14-9-11(3)8-12(4)16(14)18-15/h8-10,17-18H,6-7H2,1-5H3. The minimum Gasteiger partial charge on any atom is -0.358 e. The van der Waals surface area contributed by atoms with Crippen LogP contribution in [0.25, 0.3) is 10.9 Å². The molecule has 2 heteroatoms. The van der Waals surface area contributed by atoms with Gasteiger partial charge in [-0.15, -0.1) is 0 Å². The number of hydrogen-bond acceptors (Lipinski definition) is 1. The number of nitrogens with one attached hydrogen (secondary N) is 2. The summed E-state index contributed by atoms with van der Waals surface area (Å²) in [4.78, 5) is 3.64. The van der Waals surface area contributed by atoms with E-state index in [0.29, 0.717) is 5.92 Å². The number of H-pyrrole nitrogens is 1. The Morgan fingerprint density at radius 2 is 1.94 bits per heavy atom. The smallest absolute Gasteiger partial charge is 0.0488 e. The lowest BCUT2D eigenvalue weighted by molar-refractivity contribution is 0.764. The van der Waals surface area contributed by atoms with E-state index in [4.69, 9.17) is 0 Å². The van der Waals surface area contributed by atoms with Crippen molar-refractivity contribution in [3.05, 3.63) is 34.5 Å². The number of likely N-dealkylation sites (N-methyl/N-ethyl adjacent to an activating group) is 1. The predicted octanol–water partition coefficient (Wildman–Crippen LogP) is 3.67. The summed E-state index contributed by atoms with van der Waals surface area (Å²) in [5.74, 6) is 0.545. The molecule has 18 heavy (non-hydrogen) atoms. The van der Waals surface area contributed by atoms with E-state index in [9.17, 15) is 0 Å². The van der Waals surface area contributed by atoms with Gasteiger partial charge in [0.1, 0.15) is 0 Å². The van der Waals surface area contributed by atoms with Gasteiger partial charge in [-0.3, -0.25) is 0 Å². The second-order valence-electron chi connectivity index (χ2n) is 5.53. The number of aryl methyl sites for hydroxylation is 2. The Bertz CT molecular complexity index is 550. The van der Waals surface area contributed by atoms with Crippen molar-refractivity contribution in [2.75, 3.05) is 13.6 Å². The maximum absolute atomic E-state index is 3.64. The molecule has 0 bridgehead atoms. The van der Waals surface area contributed by atoms with Gasteiger partial charge in [-0.2, -0.15) is 0 Å². The van der Waals surface area contributed by atoms with E-state index in [0.717, 1.165) is 13.0 Å². The summed E-state index contributed by atoms with van der Waals surface area (Å²) in [5, 5.41) is 4.66. The van der Waals surface area contributed by atoms with Gasteiger partial charge in [-0.25, -0.2) is 0 Å². The molecule has 0 fully saturated rings. The van der Waals surface area contributed by atoms with Gasteiger partial charge in [0.05, 0.1) is 0 Å². The van der Waals surface area contributed by atoms with Gasteiger partial charge >= 0.3 is 0 Å². The summed E-state index contributed by atoms with van der Waals surface area (Å²) in [6, 6.07) is 4.57. The number of aromatic amines is 1. The fraction of sp³-hybridized carbons (Fsp3) is 0.500. The maximum atomic E-state index is 3.64. The molecule has 2 rings (SSSR count). The monoisotopic (exact) mass is 244 g/mol. The first-order chi connectivity index (χ1) is 8.54. The minimum absolute atomic E-state index is 0.545. The van der Waals surface area contributed by atoms with Crippen molar-refractivity contribution in [2.45, 2.75) is 40.0 Å². The Kier molecular flexibility index (Phi) is 3.76. The Hall–Kier alpha value is -1.28. The zero-order valence-electron chi connectivity index (χ0n) is 12.1. The highest BCUT2D eigenvalue weighted by Crippen LogP contribution is 2.30. The summed E-state index contributed by atoms with van der Waals surface area (Å²) in [5.41, 5.74) is 6.90. The molecule has 0 atom stereocenters. The van der Waals surface area contributed by atoms with Crippen LogP contribution in [0.15, 0.2) is 12.1 Å². The normalized spacial score (nSPS) is 11.7. The van der Waals surface area contributed by atoms with Crippen LogP contribution in [0, 0.1) is 13.8 Å². The summed E-state index contributed by atoms with van der Waals surface area (Å²) in [6.07, 6.45) is 1.09. The minimum atomic E-state index is 0.545. The van der Waals surface area contributed by atoms with Crippen LogP contribution in [-0.2, 0) is 6.42 Å². The first-order valence-electron chi connectivity index (χ1n) is 6.81. The fourth-order valence-corrected chi connectivity index (χ4v) is 2.74. The molecule has 1 aromatic carbocycles. The van der Waals surface area contributed by atoms with E-state index in [1.807, 2.05) is 7.05 Å². The number of benzene rings is 1. The second-order valence-corrected chi connectivity index (χ2v) is 5.53. The zero-order chi connectivity index (χ0) is 13.3. The molecule has 0 saturated carbocycles. The average molecular weight is 244 g/mol. The third-order valence-electron chi connectivity index (χ3n) is 3.59. The van der Waals surface area contributed by atoms with E-state index in [-0.39, 0.29) is 0 Å². The van der Waals surface area contributed by atoms with E-state index < -0.39 is 0 Å². The molecule has 2 N–H and O–H groups in total. The molecule has 1 heterocycles. The first kappa shape index (κ1) is 13.2. The fourth-order valence-electron chi connectivity index (χ4n) is 2.74. The van der Waals surface area contributed by atoms with E-state index >= 15 is 0 Å². The Balaban J connectivity index is 2.64. The third kappa shape index (κ3) is 2.30. The van der Waals surface area contributed by atoms with Crippen LogP contribution in [-0.4, -0.2) is 18.6 Å². The van der Waals surface area contributed by atoms with Crippen molar-refractivity contribution in [1.82, 2.24) is 10.3 Å². The summed E-state index contributed by atoms with van der Waals surface area (Å²) in [6.45, 7) is 9.92. The molecule has 98 valence electrons. The van der Waals surface area contributed by atoms with Crippen LogP contribution in [0.1, 0.15) is 42.1 Å². The van der Waals surface area contributed by atoms with Crippen molar-refractivity contribution >= 4 is 10.9 Å². The lowest BCUT2D eigenvalue weighted by Crippen LogP contribution is -2.11. The van der Waals surface area contributed by atoms with Gasteiger partial charge in [-0.05, 0) is 57.0 Å². The van der Waals surface area contributed by atoms with Crippen molar-refractivity contribution < 1.29 is 0 Å². The van der Waals surface area contributed by atoms with Crippen molar-refractivity contribution in [1.29, 1.82) is 0 Å². The molecule has 2 aromatic rings. The molecule has 0 aliphatic rings. The largest absolute Gasteiger partial charge is 0.358 e. The molecule has 0 radical (unpaired) electrons. The van der Waals surface area contributed by atoms with Gasteiger partial charge in [-0.1, -0.05) is 25.5 Å². The number of aromatic nitrogens is 1. The molecule has 0 saturated heterocycles. The summed E-state index contributed by atoms with van der Waals surface area (Å²) < 4.78 is 0. The predicted molar refractivity (Wildman–Crippen MR) is 79.5 cm³/mol. The highest BCUT2D eigenvalue weighted by Gasteiger charge is 2.15. The molecule has 0 aliphatic carbocycles. The number of hydrogen-bond donors (Lipinski definition) is 2. The SMILES string of the molecule is CNCCc1c(C(C)C)[nH]c2c(C)cc(C)cc12. The molecule has 2 nitrogen and oxygen atoms in total. The molecule has 0 aliphatic heterocycles. The van der Waals surface area contributed by atoms with Crippen LogP contribution >= 0.6 is 0 Å². The Morgan fingerprint density at radius 1 is 1.22 bits per heavy atom. The van der Waals surface area contributed by atoms with Crippen LogP contribution in [0.3, 0.4) is 0 Å². The van der Waals surface area contributed by atoms with E-state index in [1.54, 1.807) is 0 Å². The van der Waals surface area contributed by atoms with Crippen LogP contribution < -0.4 is 5.32 Å². The lowest BCUT2D eigenvalue weighted by Gasteiger charge is -2.07. The van der Waals surface area contributed by atoms with Crippen molar-refractivity contribution in [2.24, 2.45) is 0 Å². The zero-order valence-corrected chi connectivity index (χ0v) is 12.1. The van der Waals surface area contributed by atoms with Crippen LogP contribution in [0.4, 0.5) is 0 Å². The van der Waals surface area contributed by atoms with Crippen molar-refractivity contribution in [3.63, 3.8) is 0 Å². The molecule has 0 amide bonds. The molecule has 0 spiro atoms. The maximum Gasteiger partial charge on any atom is 0.0488 e. The van der Waals surface area contributed by atoms with Crippen molar-refractivity contribution in [3.8, 4) is 0 Å². The molecule has 1 aromatic heterocycles. The highest BCUT2D eigenvalue weighted by molar-refractivity contribution is 5.88. The van der Waals surface area contributed by atoms with Gasteiger partial charge < -0.3 is 10.3 Å². The number of rotatable bonds is 4. The van der Waals surface area contributed by atoms with Gasteiger partial charge in [0.15, 0.2) is 0 Å². The molecule has 0 unspecified atom stereocenters. The van der Waals surface area contributed by atoms with Crippen LogP contribution in [0.5, 0.6) is 0 Å². The highest BCUT2D eigenvalue weighted by atomic mass is 14.8. The first-order valence-corrected chi connectivity index (χ1v) is 6.81. The van der Waals surface area contributed by atoms with Gasteiger partial charge in [0, 0.05) is 16.6 Å². The number of fused-ring (bicyclic) bond motifs is 1. The quantitative estimate of drug-likeness (QED) is 0.844. The topological polar surface area (TPSA) is 27.8 Å². The molecular weight excluding hydrogens is 220 g/mol. The summed E-state index contributed by atoms with van der Waals surface area (Å²) in [7, 11) is 2.01.